The van der Waals surface area contributed by atoms with Crippen molar-refractivity contribution in [1.29, 1.82) is 0 Å². The molecule has 1 atom stereocenters. The first-order valence-electron chi connectivity index (χ1n) is 12.6. The maximum absolute atomic E-state index is 15.1. The van der Waals surface area contributed by atoms with Crippen LogP contribution in [0.25, 0.3) is 5.83 Å². The zero-order chi connectivity index (χ0) is 28.8. The summed E-state index contributed by atoms with van der Waals surface area (Å²) < 4.78 is 21.1. The molecular weight excluding hydrogens is 558 g/mol. The van der Waals surface area contributed by atoms with Crippen LogP contribution in [0.15, 0.2) is 55.0 Å². The fourth-order valence-corrected chi connectivity index (χ4v) is 5.09. The summed E-state index contributed by atoms with van der Waals surface area (Å²) in [5.74, 6) is -0.936. The number of piperazine rings is 1. The van der Waals surface area contributed by atoms with E-state index in [-0.39, 0.29) is 17.8 Å². The third-order valence-electron chi connectivity index (χ3n) is 6.54. The largest absolute Gasteiger partial charge is 0.486 e. The number of carbonyl (C=O) groups is 1. The van der Waals surface area contributed by atoms with Crippen molar-refractivity contribution >= 4 is 46.4 Å². The van der Waals surface area contributed by atoms with Crippen LogP contribution in [0.5, 0.6) is 5.75 Å². The number of ether oxygens (including phenoxy) is 1. The number of pyridine rings is 2. The molecule has 1 aromatic carbocycles. The predicted octanol–water partition coefficient (Wildman–Crippen LogP) is 3.27. The molecule has 1 fully saturated rings. The predicted molar refractivity (Wildman–Crippen MR) is 153 cm³/mol. The van der Waals surface area contributed by atoms with E-state index in [9.17, 15) is 4.79 Å². The van der Waals surface area contributed by atoms with Gasteiger partial charge >= 0.3 is 5.97 Å². The number of hydrogen-bond acceptors (Lipinski definition) is 7. The SMILES string of the molecule is C[C@@H](Oc1ccc(N)c(C(=[NH2+])/C=C(\F)c2ccc(CN3CCN(CC(=O)O)CC3)nc2)c1)c1c(Cl)cncc1Cl. The number of nitrogens with two attached hydrogens (primary N) is 2. The molecule has 0 saturated carbocycles. The van der Waals surface area contributed by atoms with Gasteiger partial charge in [-0.1, -0.05) is 23.2 Å². The minimum absolute atomic E-state index is 0.0456. The average molecular weight is 588 g/mol. The van der Waals surface area contributed by atoms with Crippen LogP contribution in [-0.4, -0.2) is 69.3 Å². The molecule has 40 heavy (non-hydrogen) atoms. The first-order valence-corrected chi connectivity index (χ1v) is 13.3. The Hall–Kier alpha value is -3.57. The van der Waals surface area contributed by atoms with Crippen molar-refractivity contribution in [3.05, 3.63) is 87.4 Å². The molecule has 12 heteroatoms. The fraction of sp³-hybridized carbons (Fsp3) is 0.286. The molecule has 4 rings (SSSR count). The smallest absolute Gasteiger partial charge is 0.317 e. The molecule has 9 nitrogen and oxygen atoms in total. The van der Waals surface area contributed by atoms with E-state index < -0.39 is 17.9 Å². The van der Waals surface area contributed by atoms with Gasteiger partial charge in [0.05, 0.1) is 27.8 Å². The van der Waals surface area contributed by atoms with Gasteiger partial charge in [0.2, 0.25) is 5.71 Å². The summed E-state index contributed by atoms with van der Waals surface area (Å²) in [6.45, 7) is 5.27. The lowest BCUT2D eigenvalue weighted by Crippen LogP contribution is -2.47. The molecule has 0 spiro atoms. The Kier molecular flexibility index (Phi) is 9.70. The summed E-state index contributed by atoms with van der Waals surface area (Å²) in [5.41, 5.74) is 8.69. The van der Waals surface area contributed by atoms with E-state index in [4.69, 9.17) is 44.2 Å². The number of nitrogen functional groups attached to an aromatic ring is 1. The Morgan fingerprint density at radius 3 is 2.45 bits per heavy atom. The summed E-state index contributed by atoms with van der Waals surface area (Å²) >= 11 is 12.5. The summed E-state index contributed by atoms with van der Waals surface area (Å²) in [7, 11) is 0. The van der Waals surface area contributed by atoms with Crippen molar-refractivity contribution in [3.63, 3.8) is 0 Å². The first kappa shape index (κ1) is 29.4. The monoisotopic (exact) mass is 587 g/mol. The lowest BCUT2D eigenvalue weighted by atomic mass is 10.1. The number of carboxylic acids is 1. The van der Waals surface area contributed by atoms with Crippen molar-refractivity contribution < 1.29 is 24.4 Å². The molecule has 0 bridgehead atoms. The van der Waals surface area contributed by atoms with Crippen LogP contribution in [-0.2, 0) is 11.3 Å². The zero-order valence-electron chi connectivity index (χ0n) is 21.9. The van der Waals surface area contributed by atoms with Crippen molar-refractivity contribution in [2.24, 2.45) is 0 Å². The Morgan fingerprint density at radius 1 is 1.15 bits per heavy atom. The molecule has 3 aromatic rings. The van der Waals surface area contributed by atoms with Crippen LogP contribution in [0.4, 0.5) is 10.1 Å². The molecule has 1 aliphatic heterocycles. The van der Waals surface area contributed by atoms with Crippen LogP contribution in [0.3, 0.4) is 0 Å². The minimum Gasteiger partial charge on any atom is -0.486 e. The van der Waals surface area contributed by atoms with E-state index in [1.54, 1.807) is 37.3 Å². The van der Waals surface area contributed by atoms with Gasteiger partial charge in [-0.3, -0.25) is 30.0 Å². The second-order valence-electron chi connectivity index (χ2n) is 9.46. The highest BCUT2D eigenvalue weighted by molar-refractivity contribution is 6.35. The van der Waals surface area contributed by atoms with Crippen LogP contribution in [0.1, 0.15) is 35.4 Å². The molecule has 1 aliphatic rings. The van der Waals surface area contributed by atoms with Crippen LogP contribution in [0.2, 0.25) is 10.0 Å². The Bertz CT molecular complexity index is 1390. The van der Waals surface area contributed by atoms with Gasteiger partial charge in [-0.2, -0.15) is 0 Å². The van der Waals surface area contributed by atoms with Gasteiger partial charge in [0, 0.05) is 74.2 Å². The van der Waals surface area contributed by atoms with E-state index in [0.717, 1.165) is 18.8 Å². The highest BCUT2D eigenvalue weighted by Gasteiger charge is 2.20. The van der Waals surface area contributed by atoms with Gasteiger partial charge in [0.1, 0.15) is 17.7 Å². The number of aromatic nitrogens is 2. The maximum Gasteiger partial charge on any atom is 0.317 e. The fourth-order valence-electron chi connectivity index (χ4n) is 4.41. The third-order valence-corrected chi connectivity index (χ3v) is 7.14. The lowest BCUT2D eigenvalue weighted by Gasteiger charge is -2.33. The normalized spacial score (nSPS) is 15.6. The standard InChI is InChI=1S/C28H29Cl2FN6O3/c1-17(28-22(29)13-34-14-23(28)30)40-20-4-5-25(32)21(10-20)26(33)11-24(31)18-2-3-19(35-12-18)15-36-6-8-37(9-7-36)16-27(38)39/h2-5,10-14,17,33H,6-9,15-16,32H2,1H3,(H,38,39)/p+1/b24-11-,33-26?/t17-/m1/s1. The quantitative estimate of drug-likeness (QED) is 0.243. The third kappa shape index (κ3) is 7.54. The number of hydrogen-bond donors (Lipinski definition) is 3. The number of carboxylic acid groups (broad SMARTS) is 1. The molecule has 3 heterocycles. The van der Waals surface area contributed by atoms with Crippen molar-refractivity contribution in [2.45, 2.75) is 19.6 Å². The number of nitrogens with zero attached hydrogens (tertiary/aromatic N) is 4. The molecule has 1 saturated heterocycles. The number of allylic oxidation sites excluding steroid dienone is 1. The highest BCUT2D eigenvalue weighted by atomic mass is 35.5. The molecule has 210 valence electrons. The topological polar surface area (TPSA) is 130 Å². The molecule has 0 aliphatic carbocycles. The van der Waals surface area contributed by atoms with Crippen molar-refractivity contribution in [3.8, 4) is 5.75 Å². The van der Waals surface area contributed by atoms with Crippen molar-refractivity contribution in [2.75, 3.05) is 38.5 Å². The van der Waals surface area contributed by atoms with E-state index in [2.05, 4.69) is 14.9 Å². The van der Waals surface area contributed by atoms with Gasteiger partial charge in [-0.25, -0.2) is 4.39 Å². The molecular formula is C28H30Cl2FN6O3+. The van der Waals surface area contributed by atoms with Crippen molar-refractivity contribution in [1.82, 2.24) is 19.8 Å². The zero-order valence-corrected chi connectivity index (χ0v) is 23.4. The highest BCUT2D eigenvalue weighted by Crippen LogP contribution is 2.33. The van der Waals surface area contributed by atoms with Gasteiger partial charge in [-0.15, -0.1) is 0 Å². The summed E-state index contributed by atoms with van der Waals surface area (Å²) in [4.78, 5) is 23.3. The second-order valence-corrected chi connectivity index (χ2v) is 10.3. The molecule has 5 N–H and O–H groups in total. The van der Waals surface area contributed by atoms with Crippen LogP contribution >= 0.6 is 23.2 Å². The second kappa shape index (κ2) is 13.2. The van der Waals surface area contributed by atoms with E-state index in [1.165, 1.54) is 24.7 Å². The molecule has 0 amide bonds. The number of halogens is 3. The number of rotatable bonds is 10. The molecule has 0 radical (unpaired) electrons. The van der Waals surface area contributed by atoms with Crippen LogP contribution in [0, 0.1) is 0 Å². The maximum atomic E-state index is 15.1. The number of anilines is 1. The number of benzene rings is 1. The van der Waals surface area contributed by atoms with E-state index in [0.29, 0.717) is 52.2 Å². The summed E-state index contributed by atoms with van der Waals surface area (Å²) in [6, 6.07) is 8.35. The van der Waals surface area contributed by atoms with Gasteiger partial charge in [0.15, 0.2) is 0 Å². The Labute approximate surface area is 241 Å². The van der Waals surface area contributed by atoms with Crippen LogP contribution < -0.4 is 15.9 Å². The first-order chi connectivity index (χ1) is 19.1. The lowest BCUT2D eigenvalue weighted by molar-refractivity contribution is -0.138. The average Bonchev–Trinajstić information content (AvgIpc) is 2.91. The summed E-state index contributed by atoms with van der Waals surface area (Å²) in [6.07, 6.45) is 5.15. The Morgan fingerprint density at radius 2 is 1.82 bits per heavy atom. The van der Waals surface area contributed by atoms with E-state index in [1.807, 2.05) is 4.90 Å². The summed E-state index contributed by atoms with van der Waals surface area (Å²) in [5, 5.41) is 15.9. The Balaban J connectivity index is 1.40. The van der Waals surface area contributed by atoms with Gasteiger partial charge in [-0.05, 0) is 37.3 Å². The van der Waals surface area contributed by atoms with Gasteiger partial charge < -0.3 is 15.6 Å². The van der Waals surface area contributed by atoms with E-state index >= 15 is 4.39 Å². The molecule has 0 unspecified atom stereocenters. The van der Waals surface area contributed by atoms with Gasteiger partial charge in [0.25, 0.3) is 0 Å². The number of aliphatic carboxylic acids is 1. The molecule has 2 aromatic heterocycles. The minimum atomic E-state index is -0.825.